The molecule has 1 nitrogen and oxygen atoms in total. The second-order valence-electron chi connectivity index (χ2n) is 2.56. The van der Waals surface area contributed by atoms with Crippen molar-refractivity contribution in [3.8, 4) is 10.6 Å². The van der Waals surface area contributed by atoms with Gasteiger partial charge in [0.25, 0.3) is 0 Å². The van der Waals surface area contributed by atoms with E-state index in [0.29, 0.717) is 0 Å². The molecule has 0 aliphatic rings. The van der Waals surface area contributed by atoms with Crippen LogP contribution in [0.25, 0.3) is 10.6 Å². The van der Waals surface area contributed by atoms with E-state index >= 15 is 0 Å². The van der Waals surface area contributed by atoms with Gasteiger partial charge in [-0.2, -0.15) is 0 Å². The van der Waals surface area contributed by atoms with E-state index in [1.54, 1.807) is 11.3 Å². The number of nitrogens with zero attached hydrogens (tertiary/aromatic N) is 1. The quantitative estimate of drug-likeness (QED) is 0.704. The van der Waals surface area contributed by atoms with Crippen LogP contribution in [0.4, 0.5) is 0 Å². The molecule has 2 rings (SSSR count). The van der Waals surface area contributed by atoms with Crippen LogP contribution in [-0.4, -0.2) is 4.98 Å². The number of hydrogen-bond acceptors (Lipinski definition) is 2. The van der Waals surface area contributed by atoms with Crippen LogP contribution in [0, 0.1) is 0 Å². The number of rotatable bonds is 1. The molecule has 0 aliphatic heterocycles. The molecule has 1 aromatic heterocycles. The Balaban J connectivity index is 2.55. The lowest BCUT2D eigenvalue weighted by Crippen LogP contribution is -1.76. The normalized spacial score (nSPS) is 10.5. The Labute approximate surface area is 107 Å². The molecular formula is C9H4Br2ClNS. The molecular weight excluding hydrogens is 349 g/mol. The van der Waals surface area contributed by atoms with Gasteiger partial charge < -0.3 is 0 Å². The van der Waals surface area contributed by atoms with Crippen molar-refractivity contribution >= 4 is 54.8 Å². The second kappa shape index (κ2) is 4.31. The fourth-order valence-electron chi connectivity index (χ4n) is 1.03. The molecule has 0 radical (unpaired) electrons. The highest BCUT2D eigenvalue weighted by atomic mass is 79.9. The van der Waals surface area contributed by atoms with Gasteiger partial charge in [0.1, 0.15) is 13.4 Å². The van der Waals surface area contributed by atoms with Crippen molar-refractivity contribution < 1.29 is 0 Å². The molecule has 0 atom stereocenters. The first-order valence-corrected chi connectivity index (χ1v) is 6.53. The van der Waals surface area contributed by atoms with Crippen LogP contribution >= 0.6 is 54.8 Å². The van der Waals surface area contributed by atoms with Crippen LogP contribution in [0.2, 0.25) is 5.02 Å². The van der Waals surface area contributed by atoms with E-state index in [1.165, 1.54) is 0 Å². The van der Waals surface area contributed by atoms with Gasteiger partial charge in [-0.15, -0.1) is 11.3 Å². The summed E-state index contributed by atoms with van der Waals surface area (Å²) in [7, 11) is 0. The monoisotopic (exact) mass is 351 g/mol. The summed E-state index contributed by atoms with van der Waals surface area (Å²) < 4.78 is 1.80. The molecule has 0 fully saturated rings. The summed E-state index contributed by atoms with van der Waals surface area (Å²) in [4.78, 5) is 4.35. The van der Waals surface area contributed by atoms with Crippen LogP contribution in [0.1, 0.15) is 0 Å². The van der Waals surface area contributed by atoms with Crippen LogP contribution in [-0.2, 0) is 0 Å². The minimum Gasteiger partial charge on any atom is -0.228 e. The maximum atomic E-state index is 6.06. The zero-order valence-corrected chi connectivity index (χ0v) is 11.5. The number of aromatic nitrogens is 1. The molecule has 72 valence electrons. The molecule has 1 aromatic carbocycles. The highest BCUT2D eigenvalue weighted by Gasteiger charge is 2.10. The van der Waals surface area contributed by atoms with Gasteiger partial charge in [0.15, 0.2) is 0 Å². The summed E-state index contributed by atoms with van der Waals surface area (Å²) in [6, 6.07) is 7.67. The highest BCUT2D eigenvalue weighted by molar-refractivity contribution is 9.13. The summed E-state index contributed by atoms with van der Waals surface area (Å²) in [5.41, 5.74) is 0.963. The van der Waals surface area contributed by atoms with E-state index in [-0.39, 0.29) is 0 Å². The van der Waals surface area contributed by atoms with Gasteiger partial charge in [-0.1, -0.05) is 29.8 Å². The van der Waals surface area contributed by atoms with Crippen LogP contribution < -0.4 is 0 Å². The maximum absolute atomic E-state index is 6.06. The molecule has 5 heteroatoms. The van der Waals surface area contributed by atoms with Crippen molar-refractivity contribution in [2.24, 2.45) is 0 Å². The maximum Gasteiger partial charge on any atom is 0.132 e. The minimum atomic E-state index is 0.723. The highest BCUT2D eigenvalue weighted by Crippen LogP contribution is 2.37. The summed E-state index contributed by atoms with van der Waals surface area (Å²) in [6.07, 6.45) is 0. The second-order valence-corrected chi connectivity index (χ2v) is 6.04. The molecule has 0 spiro atoms. The Morgan fingerprint density at radius 1 is 1.21 bits per heavy atom. The lowest BCUT2D eigenvalue weighted by molar-refractivity contribution is 1.35. The van der Waals surface area contributed by atoms with E-state index in [1.807, 2.05) is 24.3 Å². The van der Waals surface area contributed by atoms with Gasteiger partial charge in [0.2, 0.25) is 0 Å². The van der Waals surface area contributed by atoms with E-state index in [0.717, 1.165) is 24.0 Å². The summed E-state index contributed by atoms with van der Waals surface area (Å²) >= 11 is 14.4. The van der Waals surface area contributed by atoms with Crippen LogP contribution in [0.3, 0.4) is 0 Å². The minimum absolute atomic E-state index is 0.723. The summed E-state index contributed by atoms with van der Waals surface area (Å²) in [5, 5.41) is 1.63. The third-order valence-corrected chi connectivity index (χ3v) is 5.09. The van der Waals surface area contributed by atoms with E-state index < -0.39 is 0 Å². The van der Waals surface area contributed by atoms with Crippen molar-refractivity contribution in [1.82, 2.24) is 4.98 Å². The van der Waals surface area contributed by atoms with E-state index in [9.17, 15) is 0 Å². The Hall–Kier alpha value is 0.1000. The Morgan fingerprint density at radius 2 is 1.93 bits per heavy atom. The molecule has 0 bridgehead atoms. The van der Waals surface area contributed by atoms with Gasteiger partial charge >= 0.3 is 0 Å². The molecule has 0 saturated heterocycles. The molecule has 0 unspecified atom stereocenters. The van der Waals surface area contributed by atoms with Gasteiger partial charge in [-0.05, 0) is 37.9 Å². The number of thiazole rings is 1. The first-order chi connectivity index (χ1) is 6.68. The van der Waals surface area contributed by atoms with Crippen LogP contribution in [0.5, 0.6) is 0 Å². The Kier molecular flexibility index (Phi) is 3.27. The Bertz CT molecular complexity index is 450. The van der Waals surface area contributed by atoms with Crippen molar-refractivity contribution in [3.05, 3.63) is 37.7 Å². The predicted molar refractivity (Wildman–Crippen MR) is 68.0 cm³/mol. The van der Waals surface area contributed by atoms with Gasteiger partial charge in [-0.3, -0.25) is 0 Å². The van der Waals surface area contributed by atoms with Crippen molar-refractivity contribution in [1.29, 1.82) is 0 Å². The number of benzene rings is 1. The average molecular weight is 353 g/mol. The SMILES string of the molecule is Clc1ccccc1-c1nc(Br)c(Br)s1. The average Bonchev–Trinajstić information content (AvgIpc) is 2.48. The number of halogens is 3. The molecule has 0 N–H and O–H groups in total. The third-order valence-electron chi connectivity index (χ3n) is 1.65. The molecule has 0 amide bonds. The van der Waals surface area contributed by atoms with Gasteiger partial charge in [-0.25, -0.2) is 4.98 Å². The molecule has 0 saturated carbocycles. The Morgan fingerprint density at radius 3 is 2.50 bits per heavy atom. The van der Waals surface area contributed by atoms with E-state index in [4.69, 9.17) is 11.6 Å². The molecule has 1 heterocycles. The first kappa shape index (κ1) is 10.6. The largest absolute Gasteiger partial charge is 0.228 e. The van der Waals surface area contributed by atoms with Crippen molar-refractivity contribution in [2.45, 2.75) is 0 Å². The molecule has 14 heavy (non-hydrogen) atoms. The fourth-order valence-corrected chi connectivity index (χ4v) is 3.12. The van der Waals surface area contributed by atoms with E-state index in [2.05, 4.69) is 36.8 Å². The first-order valence-electron chi connectivity index (χ1n) is 3.75. The van der Waals surface area contributed by atoms with Crippen molar-refractivity contribution in [2.75, 3.05) is 0 Å². The van der Waals surface area contributed by atoms with Gasteiger partial charge in [0, 0.05) is 5.56 Å². The van der Waals surface area contributed by atoms with Crippen LogP contribution in [0.15, 0.2) is 32.7 Å². The third kappa shape index (κ3) is 2.03. The lowest BCUT2D eigenvalue weighted by Gasteiger charge is -1.97. The van der Waals surface area contributed by atoms with Crippen molar-refractivity contribution in [3.63, 3.8) is 0 Å². The topological polar surface area (TPSA) is 12.9 Å². The van der Waals surface area contributed by atoms with Gasteiger partial charge in [0.05, 0.1) is 5.02 Å². The lowest BCUT2D eigenvalue weighted by atomic mass is 10.2. The predicted octanol–water partition coefficient (Wildman–Crippen LogP) is 4.99. The standard InChI is InChI=1S/C9H4Br2ClNS/c10-7-8(11)14-9(13-7)5-3-1-2-4-6(5)12/h1-4H. The zero-order chi connectivity index (χ0) is 10.1. The number of hydrogen-bond donors (Lipinski definition) is 0. The molecule has 0 aliphatic carbocycles. The zero-order valence-electron chi connectivity index (χ0n) is 6.80. The fraction of sp³-hybridized carbons (Fsp3) is 0. The molecule has 2 aromatic rings. The summed E-state index contributed by atoms with van der Waals surface area (Å²) in [6.45, 7) is 0. The summed E-state index contributed by atoms with van der Waals surface area (Å²) in [5.74, 6) is 0. The smallest absolute Gasteiger partial charge is 0.132 e.